The van der Waals surface area contributed by atoms with Crippen LogP contribution < -0.4 is 5.73 Å². The van der Waals surface area contributed by atoms with Crippen molar-refractivity contribution in [2.45, 2.75) is 57.9 Å². The van der Waals surface area contributed by atoms with Gasteiger partial charge in [0.15, 0.2) is 0 Å². The summed E-state index contributed by atoms with van der Waals surface area (Å²) in [5.41, 5.74) is 4.56. The number of carbonyl (C=O) groups is 2. The van der Waals surface area contributed by atoms with E-state index in [2.05, 4.69) is 0 Å². The van der Waals surface area contributed by atoms with E-state index in [1.165, 1.54) is 4.90 Å². The van der Waals surface area contributed by atoms with Crippen LogP contribution in [0.2, 0.25) is 0 Å². The summed E-state index contributed by atoms with van der Waals surface area (Å²) in [7, 11) is 0. The molecule has 4 nitrogen and oxygen atoms in total. The number of carbonyl (C=O) groups excluding carboxylic acids is 2. The molecular weight excluding hydrogens is 248 g/mol. The monoisotopic (exact) mass is 268 g/mol. The van der Waals surface area contributed by atoms with E-state index in [0.717, 1.165) is 32.1 Å². The van der Waals surface area contributed by atoms with Crippen LogP contribution in [-0.4, -0.2) is 27.2 Å². The maximum absolute atomic E-state index is 12.4. The van der Waals surface area contributed by atoms with Gasteiger partial charge in [-0.3, -0.25) is 14.5 Å². The third-order valence-electron chi connectivity index (χ3n) is 4.19. The molecule has 0 aromatic heterocycles. The standard InChI is InChI=1S/C13H20N2O2S/c1-12(2)8-9(16)15(11(12)17)13(10(14)18)6-4-3-5-7-13/h3-8H2,1-2H3,(H2,14,18). The summed E-state index contributed by atoms with van der Waals surface area (Å²) in [4.78, 5) is 26.3. The van der Waals surface area contributed by atoms with Crippen molar-refractivity contribution in [3.05, 3.63) is 0 Å². The second kappa shape index (κ2) is 4.30. The largest absolute Gasteiger partial charge is 0.391 e. The summed E-state index contributed by atoms with van der Waals surface area (Å²) < 4.78 is 0. The van der Waals surface area contributed by atoms with Crippen LogP contribution in [0.15, 0.2) is 0 Å². The molecule has 0 unspecified atom stereocenters. The minimum Gasteiger partial charge on any atom is -0.391 e. The van der Waals surface area contributed by atoms with Gasteiger partial charge in [0.05, 0.1) is 10.4 Å². The van der Waals surface area contributed by atoms with Crippen LogP contribution in [0.25, 0.3) is 0 Å². The summed E-state index contributed by atoms with van der Waals surface area (Å²) in [6, 6.07) is 0. The molecule has 1 saturated carbocycles. The lowest BCUT2D eigenvalue weighted by molar-refractivity contribution is -0.146. The number of hydrogen-bond acceptors (Lipinski definition) is 3. The number of thiocarbonyl (C=S) groups is 1. The Morgan fingerprint density at radius 3 is 2.17 bits per heavy atom. The lowest BCUT2D eigenvalue weighted by atomic mass is 9.80. The molecule has 1 aliphatic heterocycles. The van der Waals surface area contributed by atoms with E-state index in [4.69, 9.17) is 18.0 Å². The number of hydrogen-bond donors (Lipinski definition) is 1. The normalized spacial score (nSPS) is 26.4. The van der Waals surface area contributed by atoms with Gasteiger partial charge in [-0.15, -0.1) is 0 Å². The molecule has 0 aromatic carbocycles. The molecule has 2 amide bonds. The van der Waals surface area contributed by atoms with Crippen molar-refractivity contribution in [1.82, 2.24) is 4.90 Å². The molecule has 0 bridgehead atoms. The molecule has 0 spiro atoms. The summed E-state index contributed by atoms with van der Waals surface area (Å²) in [6.07, 6.45) is 4.75. The summed E-state index contributed by atoms with van der Waals surface area (Å²) >= 11 is 5.18. The van der Waals surface area contributed by atoms with Gasteiger partial charge in [-0.1, -0.05) is 45.3 Å². The van der Waals surface area contributed by atoms with Crippen LogP contribution in [0.4, 0.5) is 0 Å². The number of nitrogens with zero attached hydrogens (tertiary/aromatic N) is 1. The summed E-state index contributed by atoms with van der Waals surface area (Å²) in [5, 5.41) is 0. The highest BCUT2D eigenvalue weighted by atomic mass is 32.1. The fraction of sp³-hybridized carbons (Fsp3) is 0.769. The highest BCUT2D eigenvalue weighted by Gasteiger charge is 2.55. The van der Waals surface area contributed by atoms with Crippen molar-refractivity contribution < 1.29 is 9.59 Å². The van der Waals surface area contributed by atoms with Crippen molar-refractivity contribution in [2.24, 2.45) is 11.1 Å². The van der Waals surface area contributed by atoms with E-state index in [0.29, 0.717) is 4.99 Å². The Morgan fingerprint density at radius 2 is 1.78 bits per heavy atom. The Bertz CT molecular complexity index is 411. The molecule has 100 valence electrons. The maximum atomic E-state index is 12.4. The Labute approximate surface area is 113 Å². The number of nitrogens with two attached hydrogens (primary N) is 1. The van der Waals surface area contributed by atoms with Gasteiger partial charge >= 0.3 is 0 Å². The molecule has 0 aromatic rings. The van der Waals surface area contributed by atoms with Gasteiger partial charge in [-0.05, 0) is 12.8 Å². The Morgan fingerprint density at radius 1 is 1.22 bits per heavy atom. The van der Waals surface area contributed by atoms with Gasteiger partial charge in [-0.25, -0.2) is 0 Å². The van der Waals surface area contributed by atoms with Crippen molar-refractivity contribution in [3.63, 3.8) is 0 Å². The molecule has 1 heterocycles. The van der Waals surface area contributed by atoms with E-state index in [9.17, 15) is 9.59 Å². The zero-order valence-corrected chi connectivity index (χ0v) is 11.8. The summed E-state index contributed by atoms with van der Waals surface area (Å²) in [5.74, 6) is -0.248. The van der Waals surface area contributed by atoms with Crippen LogP contribution in [0.3, 0.4) is 0 Å². The molecule has 1 aliphatic carbocycles. The number of imide groups is 1. The van der Waals surface area contributed by atoms with Gasteiger partial charge in [0, 0.05) is 6.42 Å². The quantitative estimate of drug-likeness (QED) is 0.612. The third-order valence-corrected chi connectivity index (χ3v) is 4.57. The topological polar surface area (TPSA) is 63.4 Å². The van der Waals surface area contributed by atoms with Crippen LogP contribution in [0, 0.1) is 5.41 Å². The first-order chi connectivity index (χ1) is 8.31. The van der Waals surface area contributed by atoms with Crippen LogP contribution in [-0.2, 0) is 9.59 Å². The van der Waals surface area contributed by atoms with Crippen molar-refractivity contribution in [2.75, 3.05) is 0 Å². The minimum atomic E-state index is -0.699. The van der Waals surface area contributed by atoms with Crippen molar-refractivity contribution >= 4 is 29.0 Å². The number of rotatable bonds is 2. The Hall–Kier alpha value is -0.970. The average Bonchev–Trinajstić information content (AvgIpc) is 2.49. The molecular formula is C13H20N2O2S. The second-order valence-corrected chi connectivity index (χ2v) is 6.49. The van der Waals surface area contributed by atoms with E-state index in [-0.39, 0.29) is 18.2 Å². The highest BCUT2D eigenvalue weighted by molar-refractivity contribution is 7.80. The Balaban J connectivity index is 2.41. The SMILES string of the molecule is CC1(C)CC(=O)N(C2(C(N)=S)CCCCC2)C1=O. The zero-order chi connectivity index (χ0) is 13.6. The second-order valence-electron chi connectivity index (χ2n) is 6.05. The first kappa shape index (κ1) is 13.5. The molecule has 0 radical (unpaired) electrons. The molecule has 2 rings (SSSR count). The fourth-order valence-corrected chi connectivity index (χ4v) is 3.39. The van der Waals surface area contributed by atoms with Crippen molar-refractivity contribution in [1.29, 1.82) is 0 Å². The molecule has 5 heteroatoms. The average molecular weight is 268 g/mol. The van der Waals surface area contributed by atoms with Gasteiger partial charge in [-0.2, -0.15) is 0 Å². The zero-order valence-electron chi connectivity index (χ0n) is 11.0. The molecule has 1 saturated heterocycles. The molecule has 2 fully saturated rings. The lowest BCUT2D eigenvalue weighted by Crippen LogP contribution is -2.60. The van der Waals surface area contributed by atoms with E-state index < -0.39 is 11.0 Å². The van der Waals surface area contributed by atoms with Gasteiger partial charge in [0.1, 0.15) is 5.54 Å². The first-order valence-electron chi connectivity index (χ1n) is 6.49. The van der Waals surface area contributed by atoms with Crippen LogP contribution in [0.5, 0.6) is 0 Å². The summed E-state index contributed by atoms with van der Waals surface area (Å²) in [6.45, 7) is 3.62. The number of amides is 2. The van der Waals surface area contributed by atoms with Crippen LogP contribution in [0.1, 0.15) is 52.4 Å². The number of likely N-dealkylation sites (tertiary alicyclic amines) is 1. The third kappa shape index (κ3) is 1.85. The predicted octanol–water partition coefficient (Wildman–Crippen LogP) is 1.76. The molecule has 0 atom stereocenters. The molecule has 2 N–H and O–H groups in total. The fourth-order valence-electron chi connectivity index (χ4n) is 3.10. The maximum Gasteiger partial charge on any atom is 0.236 e. The van der Waals surface area contributed by atoms with Crippen LogP contribution >= 0.6 is 12.2 Å². The molecule has 18 heavy (non-hydrogen) atoms. The highest BCUT2D eigenvalue weighted by Crippen LogP contribution is 2.42. The Kier molecular flexibility index (Phi) is 3.21. The van der Waals surface area contributed by atoms with Gasteiger partial charge in [0.2, 0.25) is 11.8 Å². The first-order valence-corrected chi connectivity index (χ1v) is 6.89. The van der Waals surface area contributed by atoms with E-state index in [1.807, 2.05) is 13.8 Å². The van der Waals surface area contributed by atoms with E-state index >= 15 is 0 Å². The minimum absolute atomic E-state index is 0.123. The predicted molar refractivity (Wildman–Crippen MR) is 72.9 cm³/mol. The van der Waals surface area contributed by atoms with Gasteiger partial charge in [0.25, 0.3) is 0 Å². The smallest absolute Gasteiger partial charge is 0.236 e. The van der Waals surface area contributed by atoms with Crippen molar-refractivity contribution in [3.8, 4) is 0 Å². The van der Waals surface area contributed by atoms with Gasteiger partial charge < -0.3 is 5.73 Å². The lowest BCUT2D eigenvalue weighted by Gasteiger charge is -2.43. The van der Waals surface area contributed by atoms with E-state index in [1.54, 1.807) is 0 Å². The molecule has 2 aliphatic rings.